The van der Waals surface area contributed by atoms with E-state index in [1.165, 1.54) is 4.90 Å². The van der Waals surface area contributed by atoms with Crippen LogP contribution in [-0.4, -0.2) is 90.8 Å². The molecule has 2 fully saturated rings. The van der Waals surface area contributed by atoms with Crippen molar-refractivity contribution in [3.63, 3.8) is 0 Å². The Bertz CT molecular complexity index is 978. The number of halogens is 2. The lowest BCUT2D eigenvalue weighted by molar-refractivity contribution is -0.144. The van der Waals surface area contributed by atoms with E-state index in [9.17, 15) is 23.2 Å². The first kappa shape index (κ1) is 31.3. The van der Waals surface area contributed by atoms with Crippen molar-refractivity contribution in [3.05, 3.63) is 11.5 Å². The standard InChI is InChI=1S/C27H44BF2N3O6/c1-24(2,3)37-23(36)31-20(22(35)33-15-14-27(29,30)16-33)19(21(34)32(8)9)17-10-12-18(13-11-17)28-38-25(4,5)26(6,7)39-28/h12,17,19-20H,10-11,13-16H2,1-9H3,(H,31,36)/t17?,19-,20-/m0/s1. The van der Waals surface area contributed by atoms with Crippen LogP contribution in [0, 0.1) is 11.8 Å². The van der Waals surface area contributed by atoms with Crippen LogP contribution in [0.2, 0.25) is 0 Å². The number of alkyl carbamates (subject to hydrolysis) is 1. The van der Waals surface area contributed by atoms with Gasteiger partial charge >= 0.3 is 13.2 Å². The number of rotatable bonds is 6. The van der Waals surface area contributed by atoms with Gasteiger partial charge in [0.1, 0.15) is 11.6 Å². The summed E-state index contributed by atoms with van der Waals surface area (Å²) in [4.78, 5) is 42.4. The molecule has 3 atom stereocenters. The van der Waals surface area contributed by atoms with Crippen molar-refractivity contribution in [1.82, 2.24) is 15.1 Å². The number of nitrogens with zero attached hydrogens (tertiary/aromatic N) is 2. The molecule has 1 aliphatic carbocycles. The van der Waals surface area contributed by atoms with Crippen LogP contribution >= 0.6 is 0 Å². The minimum absolute atomic E-state index is 0.155. The predicted molar refractivity (Wildman–Crippen MR) is 143 cm³/mol. The molecule has 220 valence electrons. The highest BCUT2D eigenvalue weighted by Gasteiger charge is 2.53. The van der Waals surface area contributed by atoms with Crippen LogP contribution in [0.4, 0.5) is 13.6 Å². The number of hydrogen-bond donors (Lipinski definition) is 1. The van der Waals surface area contributed by atoms with Crippen LogP contribution in [0.25, 0.3) is 0 Å². The van der Waals surface area contributed by atoms with Crippen molar-refractivity contribution in [2.75, 3.05) is 27.2 Å². The van der Waals surface area contributed by atoms with Crippen molar-refractivity contribution < 1.29 is 37.2 Å². The molecule has 3 rings (SSSR count). The van der Waals surface area contributed by atoms with E-state index < -0.39 is 66.8 Å². The molecule has 12 heteroatoms. The van der Waals surface area contributed by atoms with Crippen molar-refractivity contribution in [2.45, 2.75) is 103 Å². The molecule has 0 aromatic rings. The molecule has 2 heterocycles. The third kappa shape index (κ3) is 7.31. The van der Waals surface area contributed by atoms with Gasteiger partial charge in [-0.25, -0.2) is 13.6 Å². The summed E-state index contributed by atoms with van der Waals surface area (Å²) in [6.07, 6.45) is 2.15. The quantitative estimate of drug-likeness (QED) is 0.501. The minimum atomic E-state index is -3.02. The number of ether oxygens (including phenoxy) is 1. The van der Waals surface area contributed by atoms with E-state index in [-0.39, 0.29) is 18.4 Å². The van der Waals surface area contributed by atoms with Gasteiger partial charge in [-0.05, 0) is 79.1 Å². The maximum atomic E-state index is 14.0. The molecule has 0 saturated carbocycles. The zero-order valence-corrected chi connectivity index (χ0v) is 24.7. The van der Waals surface area contributed by atoms with Crippen LogP contribution in [0.15, 0.2) is 11.5 Å². The number of nitrogens with one attached hydrogen (secondary N) is 1. The third-order valence-corrected chi connectivity index (χ3v) is 8.06. The van der Waals surface area contributed by atoms with E-state index in [0.29, 0.717) is 19.3 Å². The van der Waals surface area contributed by atoms with Gasteiger partial charge < -0.3 is 29.2 Å². The Labute approximate surface area is 231 Å². The molecule has 3 amide bonds. The summed E-state index contributed by atoms with van der Waals surface area (Å²) in [5.41, 5.74) is -0.884. The lowest BCUT2D eigenvalue weighted by Crippen LogP contribution is -2.58. The van der Waals surface area contributed by atoms with Crippen LogP contribution in [0.1, 0.15) is 74.1 Å². The van der Waals surface area contributed by atoms with Gasteiger partial charge in [0.25, 0.3) is 5.92 Å². The van der Waals surface area contributed by atoms with Gasteiger partial charge in [-0.15, -0.1) is 0 Å². The van der Waals surface area contributed by atoms with Crippen LogP contribution in [-0.2, 0) is 23.6 Å². The molecule has 39 heavy (non-hydrogen) atoms. The Morgan fingerprint density at radius 2 is 1.74 bits per heavy atom. The fourth-order valence-corrected chi connectivity index (χ4v) is 5.18. The van der Waals surface area contributed by atoms with Gasteiger partial charge in [0.2, 0.25) is 11.8 Å². The van der Waals surface area contributed by atoms with Gasteiger partial charge in [0, 0.05) is 27.1 Å². The normalized spacial score (nSPS) is 25.5. The fourth-order valence-electron chi connectivity index (χ4n) is 5.18. The zero-order chi connectivity index (χ0) is 29.6. The lowest BCUT2D eigenvalue weighted by Gasteiger charge is -2.37. The Morgan fingerprint density at radius 1 is 1.15 bits per heavy atom. The summed E-state index contributed by atoms with van der Waals surface area (Å²) < 4.78 is 45.8. The third-order valence-electron chi connectivity index (χ3n) is 8.06. The largest absolute Gasteiger partial charge is 0.490 e. The van der Waals surface area contributed by atoms with Gasteiger partial charge in [0.05, 0.1) is 23.7 Å². The summed E-state index contributed by atoms with van der Waals surface area (Å²) in [7, 11) is 2.63. The number of likely N-dealkylation sites (tertiary alicyclic amines) is 1. The van der Waals surface area contributed by atoms with Crippen LogP contribution < -0.4 is 5.32 Å². The molecule has 0 aromatic heterocycles. The molecule has 3 aliphatic rings. The molecule has 2 saturated heterocycles. The first-order chi connectivity index (χ1) is 17.7. The molecule has 0 radical (unpaired) electrons. The van der Waals surface area contributed by atoms with E-state index in [1.54, 1.807) is 34.9 Å². The summed E-state index contributed by atoms with van der Waals surface area (Å²) >= 11 is 0. The van der Waals surface area contributed by atoms with Crippen LogP contribution in [0.5, 0.6) is 0 Å². The molecule has 0 spiro atoms. The Hall–Kier alpha value is -2.21. The van der Waals surface area contributed by atoms with Crippen molar-refractivity contribution in [2.24, 2.45) is 11.8 Å². The average Bonchev–Trinajstić information content (AvgIpc) is 3.26. The molecule has 9 nitrogen and oxygen atoms in total. The molecular formula is C27H44BF2N3O6. The molecule has 0 bridgehead atoms. The zero-order valence-electron chi connectivity index (χ0n) is 24.7. The summed E-state index contributed by atoms with van der Waals surface area (Å²) in [6.45, 7) is 12.0. The number of amides is 3. The maximum Gasteiger partial charge on any atom is 0.490 e. The topological polar surface area (TPSA) is 97.4 Å². The number of hydrogen-bond acceptors (Lipinski definition) is 6. The van der Waals surface area contributed by atoms with E-state index in [1.807, 2.05) is 33.8 Å². The smallest absolute Gasteiger partial charge is 0.444 e. The minimum Gasteiger partial charge on any atom is -0.444 e. The second kappa shape index (κ2) is 11.0. The number of carbonyl (C=O) groups excluding carboxylic acids is 3. The van der Waals surface area contributed by atoms with E-state index >= 15 is 0 Å². The van der Waals surface area contributed by atoms with E-state index in [2.05, 4.69) is 5.32 Å². The van der Waals surface area contributed by atoms with Crippen molar-refractivity contribution in [1.29, 1.82) is 0 Å². The van der Waals surface area contributed by atoms with E-state index in [4.69, 9.17) is 14.0 Å². The summed E-state index contributed by atoms with van der Waals surface area (Å²) in [5, 5.41) is 2.58. The Morgan fingerprint density at radius 3 is 2.18 bits per heavy atom. The lowest BCUT2D eigenvalue weighted by atomic mass is 9.67. The van der Waals surface area contributed by atoms with Gasteiger partial charge in [-0.2, -0.15) is 0 Å². The maximum absolute atomic E-state index is 14.0. The Balaban J connectivity index is 1.90. The monoisotopic (exact) mass is 555 g/mol. The number of alkyl halides is 2. The van der Waals surface area contributed by atoms with Crippen molar-refractivity contribution >= 4 is 25.0 Å². The van der Waals surface area contributed by atoms with Gasteiger partial charge in [0.15, 0.2) is 0 Å². The predicted octanol–water partition coefficient (Wildman–Crippen LogP) is 3.81. The first-order valence-electron chi connectivity index (χ1n) is 13.6. The molecule has 0 aromatic carbocycles. The highest BCUT2D eigenvalue weighted by Crippen LogP contribution is 2.42. The summed E-state index contributed by atoms with van der Waals surface area (Å²) in [6, 6.07) is -1.36. The molecular weight excluding hydrogens is 511 g/mol. The van der Waals surface area contributed by atoms with Crippen LogP contribution in [0.3, 0.4) is 0 Å². The Kier molecular flexibility index (Phi) is 8.83. The van der Waals surface area contributed by atoms with Gasteiger partial charge in [-0.1, -0.05) is 6.08 Å². The first-order valence-corrected chi connectivity index (χ1v) is 13.6. The molecule has 2 aliphatic heterocycles. The van der Waals surface area contributed by atoms with Crippen molar-refractivity contribution in [3.8, 4) is 0 Å². The second-order valence-electron chi connectivity index (χ2n) is 13.1. The highest BCUT2D eigenvalue weighted by molar-refractivity contribution is 6.54. The summed E-state index contributed by atoms with van der Waals surface area (Å²) in [5.74, 6) is -5.41. The second-order valence-corrected chi connectivity index (χ2v) is 13.1. The number of carbonyl (C=O) groups is 3. The molecule has 1 N–H and O–H groups in total. The highest BCUT2D eigenvalue weighted by atomic mass is 19.3. The number of allylic oxidation sites excluding steroid dienone is 2. The average molecular weight is 555 g/mol. The SMILES string of the molecule is CN(C)C(=O)[C@@H](C1CC=C(B2OC(C)(C)C(C)(C)O2)CC1)[C@H](NC(=O)OC(C)(C)C)C(=O)N1CCC(F)(F)C1. The van der Waals surface area contributed by atoms with Gasteiger partial charge in [-0.3, -0.25) is 9.59 Å². The molecule has 1 unspecified atom stereocenters. The van der Waals surface area contributed by atoms with E-state index in [0.717, 1.165) is 10.4 Å². The fraction of sp³-hybridized carbons (Fsp3) is 0.815.